The second kappa shape index (κ2) is 9.21. The fourth-order valence-electron chi connectivity index (χ4n) is 2.21. The molecule has 0 aliphatic rings. The molecule has 5 nitrogen and oxygen atoms in total. The standard InChI is InChI=1S/C19H21N3O2/c1-22(17-8-3-2-4-9-17)12-6-11-21-19(23)15-24-18-10-5-7-16(13-18)14-20/h2-5,7-10,13H,6,11-12,15H2,1H3,(H,21,23). The molecule has 2 aromatic rings. The number of hydrogen-bond donors (Lipinski definition) is 1. The fourth-order valence-corrected chi connectivity index (χ4v) is 2.21. The maximum absolute atomic E-state index is 11.8. The van der Waals surface area contributed by atoms with Crippen molar-refractivity contribution in [2.45, 2.75) is 6.42 Å². The molecule has 5 heteroatoms. The summed E-state index contributed by atoms with van der Waals surface area (Å²) in [6.07, 6.45) is 0.848. The number of hydrogen-bond acceptors (Lipinski definition) is 4. The van der Waals surface area contributed by atoms with Crippen LogP contribution in [0.25, 0.3) is 0 Å². The Morgan fingerprint density at radius 2 is 2.00 bits per heavy atom. The van der Waals surface area contributed by atoms with E-state index in [0.29, 0.717) is 17.9 Å². The van der Waals surface area contributed by atoms with E-state index >= 15 is 0 Å². The highest BCUT2D eigenvalue weighted by atomic mass is 16.5. The van der Waals surface area contributed by atoms with E-state index in [2.05, 4.69) is 22.3 Å². The van der Waals surface area contributed by atoms with E-state index in [1.54, 1.807) is 24.3 Å². The lowest BCUT2D eigenvalue weighted by Gasteiger charge is -2.19. The molecule has 0 fully saturated rings. The fraction of sp³-hybridized carbons (Fsp3) is 0.263. The predicted octanol–water partition coefficient (Wildman–Crippen LogP) is 2.58. The summed E-state index contributed by atoms with van der Waals surface area (Å²) in [6.45, 7) is 1.40. The molecule has 2 aromatic carbocycles. The van der Waals surface area contributed by atoms with Crippen LogP contribution in [-0.2, 0) is 4.79 Å². The van der Waals surface area contributed by atoms with E-state index in [9.17, 15) is 4.79 Å². The van der Waals surface area contributed by atoms with Gasteiger partial charge in [0, 0.05) is 25.8 Å². The molecule has 0 radical (unpaired) electrons. The molecule has 0 unspecified atom stereocenters. The van der Waals surface area contributed by atoms with E-state index in [1.807, 2.05) is 31.3 Å². The van der Waals surface area contributed by atoms with Gasteiger partial charge in [0.05, 0.1) is 11.6 Å². The third kappa shape index (κ3) is 5.65. The molecule has 0 heterocycles. The Hall–Kier alpha value is -3.00. The number of carbonyl (C=O) groups excluding carboxylic acids is 1. The number of nitriles is 1. The van der Waals surface area contributed by atoms with E-state index in [0.717, 1.165) is 18.7 Å². The van der Waals surface area contributed by atoms with Crippen molar-refractivity contribution in [1.82, 2.24) is 5.32 Å². The summed E-state index contributed by atoms with van der Waals surface area (Å²) in [5, 5.41) is 11.7. The van der Waals surface area contributed by atoms with E-state index < -0.39 is 0 Å². The minimum absolute atomic E-state index is 0.0522. The van der Waals surface area contributed by atoms with E-state index in [1.165, 1.54) is 0 Å². The molecule has 2 rings (SSSR count). The molecule has 0 spiro atoms. The van der Waals surface area contributed by atoms with Gasteiger partial charge in [-0.25, -0.2) is 0 Å². The number of benzene rings is 2. The van der Waals surface area contributed by atoms with Crippen LogP contribution in [0.3, 0.4) is 0 Å². The number of amides is 1. The quantitative estimate of drug-likeness (QED) is 0.758. The largest absolute Gasteiger partial charge is 0.484 e. The third-order valence-corrected chi connectivity index (χ3v) is 3.52. The molecule has 124 valence electrons. The van der Waals surface area contributed by atoms with Gasteiger partial charge in [-0.05, 0) is 36.8 Å². The summed E-state index contributed by atoms with van der Waals surface area (Å²) >= 11 is 0. The van der Waals surface area contributed by atoms with Gasteiger partial charge in [-0.2, -0.15) is 5.26 Å². The first-order valence-corrected chi connectivity index (χ1v) is 7.85. The summed E-state index contributed by atoms with van der Waals surface area (Å²) in [5.74, 6) is 0.354. The van der Waals surface area contributed by atoms with Crippen molar-refractivity contribution in [2.75, 3.05) is 31.6 Å². The minimum Gasteiger partial charge on any atom is -0.484 e. The number of carbonyl (C=O) groups is 1. The Balaban J connectivity index is 1.64. The SMILES string of the molecule is CN(CCCNC(=O)COc1cccc(C#N)c1)c1ccccc1. The highest BCUT2D eigenvalue weighted by molar-refractivity contribution is 5.77. The van der Waals surface area contributed by atoms with Gasteiger partial charge in [0.15, 0.2) is 6.61 Å². The van der Waals surface area contributed by atoms with Gasteiger partial charge < -0.3 is 15.0 Å². The second-order valence-corrected chi connectivity index (χ2v) is 5.39. The van der Waals surface area contributed by atoms with Gasteiger partial charge in [0.2, 0.25) is 0 Å². The third-order valence-electron chi connectivity index (χ3n) is 3.52. The zero-order chi connectivity index (χ0) is 17.2. The number of ether oxygens (including phenoxy) is 1. The van der Waals surface area contributed by atoms with Gasteiger partial charge in [0.25, 0.3) is 5.91 Å². The summed E-state index contributed by atoms with van der Waals surface area (Å²) in [4.78, 5) is 13.9. The van der Waals surface area contributed by atoms with Crippen LogP contribution in [0.2, 0.25) is 0 Å². The van der Waals surface area contributed by atoms with Gasteiger partial charge in [-0.1, -0.05) is 24.3 Å². The minimum atomic E-state index is -0.167. The summed E-state index contributed by atoms with van der Waals surface area (Å²) < 4.78 is 5.38. The van der Waals surface area contributed by atoms with Crippen molar-refractivity contribution in [1.29, 1.82) is 5.26 Å². The van der Waals surface area contributed by atoms with E-state index in [4.69, 9.17) is 10.00 Å². The van der Waals surface area contributed by atoms with Crippen molar-refractivity contribution in [2.24, 2.45) is 0 Å². The molecule has 1 amide bonds. The van der Waals surface area contributed by atoms with Crippen molar-refractivity contribution >= 4 is 11.6 Å². The number of nitrogens with zero attached hydrogens (tertiary/aromatic N) is 2. The van der Waals surface area contributed by atoms with E-state index in [-0.39, 0.29) is 12.5 Å². The van der Waals surface area contributed by atoms with Crippen LogP contribution in [0, 0.1) is 11.3 Å². The monoisotopic (exact) mass is 323 g/mol. The molecule has 0 aliphatic heterocycles. The zero-order valence-corrected chi connectivity index (χ0v) is 13.7. The molecule has 0 aliphatic carbocycles. The van der Waals surface area contributed by atoms with Crippen LogP contribution in [-0.4, -0.2) is 32.7 Å². The number of para-hydroxylation sites is 1. The highest BCUT2D eigenvalue weighted by Gasteiger charge is 2.04. The van der Waals surface area contributed by atoms with Crippen molar-refractivity contribution in [3.8, 4) is 11.8 Å². The average Bonchev–Trinajstić information content (AvgIpc) is 2.64. The number of rotatable bonds is 8. The molecule has 0 bridgehead atoms. The normalized spacial score (nSPS) is 9.83. The van der Waals surface area contributed by atoms with Crippen LogP contribution < -0.4 is 15.0 Å². The van der Waals surface area contributed by atoms with Crippen LogP contribution in [0.1, 0.15) is 12.0 Å². The molecular weight excluding hydrogens is 302 g/mol. The van der Waals surface area contributed by atoms with Crippen LogP contribution in [0.4, 0.5) is 5.69 Å². The Bertz CT molecular complexity index is 695. The smallest absolute Gasteiger partial charge is 0.257 e. The van der Waals surface area contributed by atoms with Crippen molar-refractivity contribution < 1.29 is 9.53 Å². The Morgan fingerprint density at radius 3 is 2.75 bits per heavy atom. The van der Waals surface area contributed by atoms with Crippen molar-refractivity contribution in [3.63, 3.8) is 0 Å². The summed E-state index contributed by atoms with van der Waals surface area (Å²) in [5.41, 5.74) is 1.67. The zero-order valence-electron chi connectivity index (χ0n) is 13.7. The van der Waals surface area contributed by atoms with Crippen LogP contribution in [0.15, 0.2) is 54.6 Å². The first-order valence-electron chi connectivity index (χ1n) is 7.85. The molecule has 0 aromatic heterocycles. The summed E-state index contributed by atoms with van der Waals surface area (Å²) in [6, 6.07) is 18.9. The van der Waals surface area contributed by atoms with Gasteiger partial charge in [-0.15, -0.1) is 0 Å². The average molecular weight is 323 g/mol. The lowest BCUT2D eigenvalue weighted by atomic mass is 10.2. The van der Waals surface area contributed by atoms with Crippen molar-refractivity contribution in [3.05, 3.63) is 60.2 Å². The lowest BCUT2D eigenvalue weighted by Crippen LogP contribution is -2.31. The molecule has 0 saturated heterocycles. The maximum atomic E-state index is 11.8. The van der Waals surface area contributed by atoms with Gasteiger partial charge >= 0.3 is 0 Å². The molecule has 24 heavy (non-hydrogen) atoms. The van der Waals surface area contributed by atoms with Gasteiger partial charge in [-0.3, -0.25) is 4.79 Å². The lowest BCUT2D eigenvalue weighted by molar-refractivity contribution is -0.123. The highest BCUT2D eigenvalue weighted by Crippen LogP contribution is 2.12. The first-order chi connectivity index (χ1) is 11.7. The summed E-state index contributed by atoms with van der Waals surface area (Å²) in [7, 11) is 2.03. The number of nitrogens with one attached hydrogen (secondary N) is 1. The first kappa shape index (κ1) is 17.4. The van der Waals surface area contributed by atoms with Crippen LogP contribution in [0.5, 0.6) is 5.75 Å². The molecule has 0 atom stereocenters. The molecular formula is C19H21N3O2. The van der Waals surface area contributed by atoms with Crippen LogP contribution >= 0.6 is 0 Å². The Morgan fingerprint density at radius 1 is 1.21 bits per heavy atom. The predicted molar refractivity (Wildman–Crippen MR) is 94.0 cm³/mol. The Kier molecular flexibility index (Phi) is 6.66. The van der Waals surface area contributed by atoms with Gasteiger partial charge in [0.1, 0.15) is 5.75 Å². The number of anilines is 1. The molecule has 1 N–H and O–H groups in total. The second-order valence-electron chi connectivity index (χ2n) is 5.39. The molecule has 0 saturated carbocycles. The maximum Gasteiger partial charge on any atom is 0.257 e. The Labute approximate surface area is 142 Å². The topological polar surface area (TPSA) is 65.4 Å².